The van der Waals surface area contributed by atoms with Gasteiger partial charge in [-0.1, -0.05) is 19.1 Å². The maximum atomic E-state index is 5.96. The van der Waals surface area contributed by atoms with Crippen molar-refractivity contribution in [1.82, 2.24) is 9.80 Å². The average molecular weight is 445 g/mol. The molecule has 0 atom stereocenters. The number of aryl methyl sites for hydroxylation is 1. The first kappa shape index (κ1) is 21.2. The van der Waals surface area contributed by atoms with E-state index in [9.17, 15) is 0 Å². The summed E-state index contributed by atoms with van der Waals surface area (Å²) < 4.78 is 0. The summed E-state index contributed by atoms with van der Waals surface area (Å²) >= 11 is 0. The highest BCUT2D eigenvalue weighted by Crippen LogP contribution is 2.09. The zero-order valence-electron chi connectivity index (χ0n) is 15.0. The van der Waals surface area contributed by atoms with E-state index in [1.807, 2.05) is 0 Å². The molecule has 136 valence electrons. The molecule has 1 saturated heterocycles. The van der Waals surface area contributed by atoms with Crippen molar-refractivity contribution in [3.63, 3.8) is 0 Å². The molecular formula is C18H32IN5. The predicted molar refractivity (Wildman–Crippen MR) is 115 cm³/mol. The first-order valence-electron chi connectivity index (χ1n) is 8.74. The second-order valence-corrected chi connectivity index (χ2v) is 6.29. The normalized spacial score (nSPS) is 17.2. The van der Waals surface area contributed by atoms with Gasteiger partial charge < -0.3 is 20.9 Å². The van der Waals surface area contributed by atoms with E-state index in [1.54, 1.807) is 0 Å². The van der Waals surface area contributed by atoms with Crippen LogP contribution in [-0.2, 0) is 6.42 Å². The molecule has 0 bridgehead atoms. The lowest BCUT2D eigenvalue weighted by atomic mass is 10.1. The highest BCUT2D eigenvalue weighted by Gasteiger charge is 2.10. The largest absolute Gasteiger partial charge is 0.370 e. The van der Waals surface area contributed by atoms with Crippen molar-refractivity contribution in [2.24, 2.45) is 10.7 Å². The monoisotopic (exact) mass is 445 g/mol. The SMILES string of the molecule is CCc1ccc(NC(N)=NCCCN2CCCN(C)CC2)cc1.I. The van der Waals surface area contributed by atoms with E-state index in [0.717, 1.165) is 38.2 Å². The Morgan fingerprint density at radius 1 is 1.17 bits per heavy atom. The molecule has 0 aliphatic carbocycles. The first-order chi connectivity index (χ1) is 11.2. The molecule has 3 N–H and O–H groups in total. The van der Waals surface area contributed by atoms with Crippen LogP contribution < -0.4 is 11.1 Å². The summed E-state index contributed by atoms with van der Waals surface area (Å²) in [5, 5.41) is 3.15. The fourth-order valence-corrected chi connectivity index (χ4v) is 2.83. The van der Waals surface area contributed by atoms with Gasteiger partial charge in [0.15, 0.2) is 5.96 Å². The lowest BCUT2D eigenvalue weighted by Gasteiger charge is -2.19. The van der Waals surface area contributed by atoms with Crippen molar-refractivity contribution in [2.45, 2.75) is 26.2 Å². The number of benzene rings is 1. The molecule has 0 aromatic heterocycles. The molecule has 1 aromatic carbocycles. The van der Waals surface area contributed by atoms with Gasteiger partial charge in [0.25, 0.3) is 0 Å². The van der Waals surface area contributed by atoms with Crippen molar-refractivity contribution in [2.75, 3.05) is 51.6 Å². The molecule has 2 rings (SSSR count). The zero-order valence-corrected chi connectivity index (χ0v) is 17.3. The summed E-state index contributed by atoms with van der Waals surface area (Å²) in [5.41, 5.74) is 8.28. The zero-order chi connectivity index (χ0) is 16.5. The van der Waals surface area contributed by atoms with Crippen LogP contribution in [0.5, 0.6) is 0 Å². The van der Waals surface area contributed by atoms with Gasteiger partial charge in [0.05, 0.1) is 0 Å². The number of hydrogen-bond acceptors (Lipinski definition) is 3. The van der Waals surface area contributed by atoms with Gasteiger partial charge in [-0.05, 0) is 63.6 Å². The molecule has 0 amide bonds. The molecule has 0 saturated carbocycles. The van der Waals surface area contributed by atoms with E-state index < -0.39 is 0 Å². The van der Waals surface area contributed by atoms with Crippen LogP contribution in [0.2, 0.25) is 0 Å². The van der Waals surface area contributed by atoms with Crippen LogP contribution in [0.3, 0.4) is 0 Å². The van der Waals surface area contributed by atoms with E-state index in [4.69, 9.17) is 5.73 Å². The lowest BCUT2D eigenvalue weighted by Crippen LogP contribution is -2.30. The lowest BCUT2D eigenvalue weighted by molar-refractivity contribution is 0.275. The van der Waals surface area contributed by atoms with Crippen LogP contribution in [0.4, 0.5) is 5.69 Å². The highest BCUT2D eigenvalue weighted by molar-refractivity contribution is 14.0. The van der Waals surface area contributed by atoms with Gasteiger partial charge in [-0.15, -0.1) is 24.0 Å². The van der Waals surface area contributed by atoms with Crippen molar-refractivity contribution in [3.05, 3.63) is 29.8 Å². The summed E-state index contributed by atoms with van der Waals surface area (Å²) in [6, 6.07) is 8.34. The number of aliphatic imine (C=N–C) groups is 1. The minimum absolute atomic E-state index is 0. The van der Waals surface area contributed by atoms with E-state index in [2.05, 4.69) is 58.3 Å². The third-order valence-corrected chi connectivity index (χ3v) is 4.36. The molecule has 6 heteroatoms. The molecule has 1 aliphatic rings. The Bertz CT molecular complexity index is 489. The third-order valence-electron chi connectivity index (χ3n) is 4.36. The number of nitrogens with one attached hydrogen (secondary N) is 1. The third kappa shape index (κ3) is 7.81. The van der Waals surface area contributed by atoms with Crippen molar-refractivity contribution in [3.8, 4) is 0 Å². The van der Waals surface area contributed by atoms with E-state index in [1.165, 1.54) is 31.6 Å². The number of hydrogen-bond donors (Lipinski definition) is 2. The number of halogens is 1. The van der Waals surface area contributed by atoms with Gasteiger partial charge in [-0.2, -0.15) is 0 Å². The Kier molecular flexibility index (Phi) is 10.3. The van der Waals surface area contributed by atoms with Gasteiger partial charge in [0.2, 0.25) is 0 Å². The maximum Gasteiger partial charge on any atom is 0.193 e. The number of likely N-dealkylation sites (N-methyl/N-ethyl adjacent to an activating group) is 1. The van der Waals surface area contributed by atoms with Gasteiger partial charge in [-0.3, -0.25) is 4.99 Å². The molecule has 0 radical (unpaired) electrons. The minimum Gasteiger partial charge on any atom is -0.370 e. The fraction of sp³-hybridized carbons (Fsp3) is 0.611. The number of nitrogens with two attached hydrogens (primary N) is 1. The number of anilines is 1. The molecule has 1 aromatic rings. The van der Waals surface area contributed by atoms with Crippen molar-refractivity contribution >= 4 is 35.6 Å². The van der Waals surface area contributed by atoms with E-state index in [0.29, 0.717) is 5.96 Å². The van der Waals surface area contributed by atoms with Crippen LogP contribution in [0, 0.1) is 0 Å². The Morgan fingerprint density at radius 3 is 2.62 bits per heavy atom. The summed E-state index contributed by atoms with van der Waals surface area (Å²) in [7, 11) is 2.20. The Labute approximate surface area is 163 Å². The van der Waals surface area contributed by atoms with Gasteiger partial charge in [0, 0.05) is 25.3 Å². The second kappa shape index (κ2) is 11.7. The average Bonchev–Trinajstić information content (AvgIpc) is 2.77. The minimum atomic E-state index is 0. The van der Waals surface area contributed by atoms with Crippen LogP contribution in [0.15, 0.2) is 29.3 Å². The second-order valence-electron chi connectivity index (χ2n) is 6.29. The molecule has 0 unspecified atom stereocenters. The van der Waals surface area contributed by atoms with Crippen LogP contribution in [0.1, 0.15) is 25.3 Å². The van der Waals surface area contributed by atoms with Gasteiger partial charge >= 0.3 is 0 Å². The van der Waals surface area contributed by atoms with Crippen LogP contribution in [0.25, 0.3) is 0 Å². The predicted octanol–water partition coefficient (Wildman–Crippen LogP) is 2.62. The summed E-state index contributed by atoms with van der Waals surface area (Å²) in [4.78, 5) is 9.37. The smallest absolute Gasteiger partial charge is 0.193 e. The fourth-order valence-electron chi connectivity index (χ4n) is 2.83. The molecule has 0 spiro atoms. The van der Waals surface area contributed by atoms with Gasteiger partial charge in [-0.25, -0.2) is 0 Å². The summed E-state index contributed by atoms with van der Waals surface area (Å²) in [6.07, 6.45) is 3.37. The number of nitrogens with zero attached hydrogens (tertiary/aromatic N) is 3. The van der Waals surface area contributed by atoms with Gasteiger partial charge in [0.1, 0.15) is 0 Å². The van der Waals surface area contributed by atoms with Crippen LogP contribution >= 0.6 is 24.0 Å². The summed E-state index contributed by atoms with van der Waals surface area (Å²) in [6.45, 7) is 8.78. The molecule has 1 heterocycles. The van der Waals surface area contributed by atoms with Crippen molar-refractivity contribution in [1.29, 1.82) is 0 Å². The van der Waals surface area contributed by atoms with E-state index in [-0.39, 0.29) is 24.0 Å². The van der Waals surface area contributed by atoms with E-state index >= 15 is 0 Å². The maximum absolute atomic E-state index is 5.96. The topological polar surface area (TPSA) is 56.9 Å². The molecule has 5 nitrogen and oxygen atoms in total. The quantitative estimate of drug-likeness (QED) is 0.306. The first-order valence-corrected chi connectivity index (χ1v) is 8.74. The number of guanidine groups is 1. The number of rotatable bonds is 6. The Balaban J connectivity index is 0.00000288. The molecule has 1 aliphatic heterocycles. The van der Waals surface area contributed by atoms with Crippen molar-refractivity contribution < 1.29 is 0 Å². The molecular weight excluding hydrogens is 413 g/mol. The molecule has 1 fully saturated rings. The summed E-state index contributed by atoms with van der Waals surface area (Å²) in [5.74, 6) is 0.504. The Morgan fingerprint density at radius 2 is 1.92 bits per heavy atom. The standard InChI is InChI=1S/C18H31N5.HI/c1-3-16-6-8-17(9-7-16)21-18(19)20-10-4-12-23-13-5-11-22(2)14-15-23;/h6-9H,3-5,10-15H2,1-2H3,(H3,19,20,21);1H. The van der Waals surface area contributed by atoms with Crippen LogP contribution in [-0.4, -0.2) is 62.1 Å². The Hall–Kier alpha value is -0.860. The molecule has 24 heavy (non-hydrogen) atoms. The highest BCUT2D eigenvalue weighted by atomic mass is 127.